The van der Waals surface area contributed by atoms with E-state index in [9.17, 15) is 9.59 Å². The number of ketones is 3. The van der Waals surface area contributed by atoms with Crippen molar-refractivity contribution in [3.8, 4) is 34.5 Å². The van der Waals surface area contributed by atoms with Gasteiger partial charge < -0.3 is 75.3 Å². The van der Waals surface area contributed by atoms with Gasteiger partial charge in [-0.3, -0.25) is 14.4 Å². The maximum atomic E-state index is 15.2. The lowest BCUT2D eigenvalue weighted by molar-refractivity contribution is -0.116. The third-order valence-corrected chi connectivity index (χ3v) is 16.4. The minimum Gasteiger partial charge on any atom is -0.497 e. The number of carbonyl (C=O) groups excluding carboxylic acids is 3. The van der Waals surface area contributed by atoms with E-state index in [-0.39, 0.29) is 71.0 Å². The largest absolute Gasteiger partial charge is 0.497 e. The predicted octanol–water partition coefficient (Wildman–Crippen LogP) is 9.23. The maximum Gasteiger partial charge on any atom is 0.193 e. The van der Waals surface area contributed by atoms with Gasteiger partial charge in [0.05, 0.1) is 97.9 Å². The smallest absolute Gasteiger partial charge is 0.193 e. The van der Waals surface area contributed by atoms with E-state index < -0.39 is 18.1 Å². The third kappa shape index (κ3) is 10.0. The molecule has 440 valence electrons. The first-order valence-electron chi connectivity index (χ1n) is 28.4. The number of aromatic nitrogens is 6. The predicted molar refractivity (Wildman–Crippen MR) is 330 cm³/mol. The van der Waals surface area contributed by atoms with Gasteiger partial charge in [0.2, 0.25) is 0 Å². The number of H-pyrrole nitrogens is 3. The van der Waals surface area contributed by atoms with Crippen LogP contribution in [0.1, 0.15) is 57.5 Å². The Kier molecular flexibility index (Phi) is 15.0. The van der Waals surface area contributed by atoms with Crippen molar-refractivity contribution in [2.24, 2.45) is 29.0 Å². The van der Waals surface area contributed by atoms with E-state index in [2.05, 4.69) is 15.0 Å². The van der Waals surface area contributed by atoms with Crippen LogP contribution in [0.25, 0.3) is 49.8 Å². The Labute approximate surface area is 495 Å². The summed E-state index contributed by atoms with van der Waals surface area (Å²) in [5, 5.41) is 0. The van der Waals surface area contributed by atoms with E-state index in [4.69, 9.17) is 60.6 Å². The Morgan fingerprint density at radius 3 is 1.12 bits per heavy atom. The number of ether oxygens (including phenoxy) is 6. The Morgan fingerprint density at radius 1 is 0.453 bits per heavy atom. The SMILES string of the molecule is CC[C@@H]1C(=O)C(c2nc3ccccc3[nH]2)=C(N)N1c1cc(OC)cc(OCCC(C)[C@H]2C(=O)C(c3nc4ccccc4[nH]3)=C(N)N2c2cc(OC)cc(OCCC(C)[C@@H]3C(=O)C(c4nc5ccccc5[nH]4)=C(N)N3c3cc(OC)cc(OC)c3)c2)c1. The molecule has 9 N–H and O–H groups in total. The van der Waals surface area contributed by atoms with E-state index in [0.717, 1.165) is 22.1 Å². The number of hydrogen-bond acceptors (Lipinski definition) is 18. The lowest BCUT2D eigenvalue weighted by Crippen LogP contribution is -2.42. The number of imidazole rings is 3. The summed E-state index contributed by atoms with van der Waals surface area (Å²) < 4.78 is 36.1. The maximum absolute atomic E-state index is 15.2. The summed E-state index contributed by atoms with van der Waals surface area (Å²) in [7, 11) is 6.24. The molecule has 0 spiro atoms. The highest BCUT2D eigenvalue weighted by Gasteiger charge is 2.46. The third-order valence-electron chi connectivity index (χ3n) is 16.4. The van der Waals surface area contributed by atoms with Gasteiger partial charge in [0.15, 0.2) is 17.3 Å². The van der Waals surface area contributed by atoms with Crippen LogP contribution in [0, 0.1) is 11.8 Å². The van der Waals surface area contributed by atoms with Gasteiger partial charge in [0.25, 0.3) is 0 Å². The van der Waals surface area contributed by atoms with Crippen LogP contribution in [0.3, 0.4) is 0 Å². The number of benzene rings is 6. The molecule has 0 saturated carbocycles. The average molecular weight is 1160 g/mol. The average Bonchev–Trinajstić information content (AvgIpc) is 1.78. The Balaban J connectivity index is 0.809. The molecule has 5 atom stereocenters. The summed E-state index contributed by atoms with van der Waals surface area (Å²) in [6, 6.07) is 36.6. The molecule has 3 aliphatic heterocycles. The van der Waals surface area contributed by atoms with E-state index >= 15 is 4.79 Å². The van der Waals surface area contributed by atoms with Gasteiger partial charge in [0, 0.05) is 54.6 Å². The van der Waals surface area contributed by atoms with E-state index in [0.29, 0.717) is 105 Å². The molecule has 0 saturated heterocycles. The highest BCUT2D eigenvalue weighted by molar-refractivity contribution is 6.29. The number of hydrogen-bond donors (Lipinski definition) is 6. The number of rotatable bonds is 21. The number of aromatic amines is 3. The van der Waals surface area contributed by atoms with Crippen LogP contribution in [0.5, 0.6) is 34.5 Å². The summed E-state index contributed by atoms with van der Waals surface area (Å²) in [6.07, 6.45) is 1.26. The van der Waals surface area contributed by atoms with Gasteiger partial charge in [-0.05, 0) is 67.5 Å². The van der Waals surface area contributed by atoms with Gasteiger partial charge in [-0.2, -0.15) is 0 Å². The van der Waals surface area contributed by atoms with Crippen LogP contribution in [0.2, 0.25) is 0 Å². The molecule has 86 heavy (non-hydrogen) atoms. The molecular weight excluding hydrogens is 1090 g/mol. The van der Waals surface area contributed by atoms with Crippen molar-refractivity contribution in [3.63, 3.8) is 0 Å². The second-order valence-electron chi connectivity index (χ2n) is 21.6. The molecule has 0 fully saturated rings. The molecule has 6 aromatic carbocycles. The van der Waals surface area contributed by atoms with Gasteiger partial charge in [0.1, 0.15) is 98.2 Å². The van der Waals surface area contributed by atoms with Gasteiger partial charge in [-0.15, -0.1) is 0 Å². The van der Waals surface area contributed by atoms with Crippen LogP contribution >= 0.6 is 0 Å². The normalized spacial score (nSPS) is 18.0. The zero-order valence-electron chi connectivity index (χ0n) is 48.6. The number of fused-ring (bicyclic) bond motifs is 3. The van der Waals surface area contributed by atoms with Crippen molar-refractivity contribution in [2.45, 2.75) is 58.2 Å². The number of nitrogens with zero attached hydrogens (tertiary/aromatic N) is 6. The van der Waals surface area contributed by atoms with Crippen molar-refractivity contribution in [1.29, 1.82) is 0 Å². The quantitative estimate of drug-likeness (QED) is 0.0391. The second-order valence-corrected chi connectivity index (χ2v) is 21.6. The molecule has 0 radical (unpaired) electrons. The standard InChI is InChI=1S/C65H66N12O9/c1-8-51-57(78)52(63-69-45-15-9-10-16-46(45)70-63)60(66)75(51)36-25-41(83-6)32-43(29-36)85-23-21-35(3)56-59(80)54(65-73-49-19-13-14-20-50(49)74-65)62(68)77(56)38-28-42(84-7)33-44(30-38)86-24-22-34(2)55-58(79)53(64-71-47-17-11-12-18-48(47)72-64)61(67)76(55)37-26-39(81-4)31-40(27-37)82-5/h9-20,25-35,51,55-56H,8,21-24,66-68H2,1-7H3,(H,69,70)(H,71,72)(H,73,74)/t34?,35?,51-,55-,56+/m1/s1. The van der Waals surface area contributed by atoms with Crippen molar-refractivity contribution < 1.29 is 42.8 Å². The number of nitrogens with one attached hydrogen (secondary N) is 3. The van der Waals surface area contributed by atoms with E-state index in [1.54, 1.807) is 51.5 Å². The first-order chi connectivity index (χ1) is 41.7. The summed E-state index contributed by atoms with van der Waals surface area (Å²) in [5.74, 6) is 3.37. The summed E-state index contributed by atoms with van der Waals surface area (Å²) in [6.45, 7) is 6.24. The van der Waals surface area contributed by atoms with E-state index in [1.807, 2.05) is 140 Å². The van der Waals surface area contributed by atoms with Gasteiger partial charge in [-0.25, -0.2) is 15.0 Å². The molecule has 6 heterocycles. The minimum absolute atomic E-state index is 0.150. The molecule has 21 nitrogen and oxygen atoms in total. The molecule has 3 aromatic heterocycles. The van der Waals surface area contributed by atoms with Crippen LogP contribution in [-0.4, -0.2) is 107 Å². The van der Waals surface area contributed by atoms with Crippen molar-refractivity contribution in [2.75, 3.05) is 56.4 Å². The van der Waals surface area contributed by atoms with Crippen LogP contribution < -0.4 is 60.3 Å². The first-order valence-corrected chi connectivity index (χ1v) is 28.4. The Hall–Kier alpha value is -10.4. The highest BCUT2D eigenvalue weighted by atomic mass is 16.5. The molecule has 0 aliphatic carbocycles. The van der Waals surface area contributed by atoms with Crippen molar-refractivity contribution >= 4 is 84.2 Å². The van der Waals surface area contributed by atoms with Crippen molar-refractivity contribution in [1.82, 2.24) is 29.9 Å². The molecule has 3 aliphatic rings. The molecule has 21 heteroatoms. The molecule has 0 amide bonds. The summed E-state index contributed by atoms with van der Waals surface area (Å²) in [5.41, 5.74) is 28.1. The highest BCUT2D eigenvalue weighted by Crippen LogP contribution is 2.44. The van der Waals surface area contributed by atoms with Crippen molar-refractivity contribution in [3.05, 3.63) is 162 Å². The monoisotopic (exact) mass is 1160 g/mol. The molecular formula is C65H66N12O9. The molecule has 12 rings (SSSR count). The topological polar surface area (TPSA) is 280 Å². The number of nitrogens with two attached hydrogens (primary N) is 3. The fraction of sp³-hybridized carbons (Fsp3) is 0.262. The number of para-hydroxylation sites is 6. The zero-order chi connectivity index (χ0) is 60.1. The molecule has 0 bridgehead atoms. The second kappa shape index (κ2) is 23.0. The number of Topliss-reactive ketones (excluding diaryl/α,β-unsaturated/α-hetero) is 3. The Bertz CT molecular complexity index is 4110. The van der Waals surface area contributed by atoms with Crippen LogP contribution in [0.4, 0.5) is 17.1 Å². The minimum atomic E-state index is -0.835. The number of carbonyl (C=O) groups is 3. The van der Waals surface area contributed by atoms with E-state index in [1.165, 1.54) is 0 Å². The fourth-order valence-corrected chi connectivity index (χ4v) is 12.0. The van der Waals surface area contributed by atoms with Gasteiger partial charge in [-0.1, -0.05) is 57.2 Å². The summed E-state index contributed by atoms with van der Waals surface area (Å²) in [4.78, 5) is 73.8. The van der Waals surface area contributed by atoms with Crippen LogP contribution in [0.15, 0.2) is 145 Å². The lowest BCUT2D eigenvalue weighted by atomic mass is 9.92. The fourth-order valence-electron chi connectivity index (χ4n) is 12.0. The number of methoxy groups -OCH3 is 4. The zero-order valence-corrected chi connectivity index (χ0v) is 48.6. The first kappa shape index (κ1) is 56.1. The Morgan fingerprint density at radius 2 is 0.767 bits per heavy atom. The van der Waals surface area contributed by atoms with Crippen LogP contribution in [-0.2, 0) is 14.4 Å². The van der Waals surface area contributed by atoms with Gasteiger partial charge >= 0.3 is 0 Å². The molecule has 9 aromatic rings. The number of anilines is 3. The lowest BCUT2D eigenvalue weighted by Gasteiger charge is -2.32. The molecule has 2 unspecified atom stereocenters. The summed E-state index contributed by atoms with van der Waals surface area (Å²) >= 11 is 0.